The van der Waals surface area contributed by atoms with Gasteiger partial charge < -0.3 is 20.5 Å². The molecule has 3 N–H and O–H groups in total. The first kappa shape index (κ1) is 15.8. The molecule has 1 rings (SSSR count). The molecule has 1 aromatic rings. The molecule has 110 valence electrons. The summed E-state index contributed by atoms with van der Waals surface area (Å²) in [5, 5.41) is 14.7. The lowest BCUT2D eigenvalue weighted by Gasteiger charge is -2.21. The quantitative estimate of drug-likeness (QED) is 0.721. The molecule has 1 unspecified atom stereocenters. The monoisotopic (exact) mass is 280 g/mol. The maximum absolute atomic E-state index is 12.2. The molecule has 20 heavy (non-hydrogen) atoms. The van der Waals surface area contributed by atoms with Crippen molar-refractivity contribution in [3.05, 3.63) is 24.3 Å². The minimum absolute atomic E-state index is 0.0282. The van der Waals surface area contributed by atoms with Crippen LogP contribution in [0, 0.1) is 5.92 Å². The van der Waals surface area contributed by atoms with Gasteiger partial charge in [0.1, 0.15) is 11.8 Å². The highest BCUT2D eigenvalue weighted by molar-refractivity contribution is 5.97. The van der Waals surface area contributed by atoms with Crippen molar-refractivity contribution in [1.29, 1.82) is 0 Å². The Kier molecular flexibility index (Phi) is 5.83. The van der Waals surface area contributed by atoms with Crippen LogP contribution in [0.5, 0.6) is 5.75 Å². The van der Waals surface area contributed by atoms with Gasteiger partial charge in [-0.3, -0.25) is 4.79 Å². The number of benzene rings is 1. The van der Waals surface area contributed by atoms with Crippen LogP contribution in [-0.2, 0) is 9.53 Å². The Morgan fingerprint density at radius 3 is 2.50 bits per heavy atom. The van der Waals surface area contributed by atoms with Gasteiger partial charge in [0.05, 0.1) is 12.3 Å². The van der Waals surface area contributed by atoms with Crippen molar-refractivity contribution < 1.29 is 19.4 Å². The highest BCUT2D eigenvalue weighted by Gasteiger charge is 2.25. The molecule has 0 aromatic heterocycles. The van der Waals surface area contributed by atoms with Crippen LogP contribution in [0.2, 0.25) is 0 Å². The number of carbonyl (C=O) groups is 2. The Morgan fingerprint density at radius 2 is 1.95 bits per heavy atom. The predicted octanol–water partition coefficient (Wildman–Crippen LogP) is 2.10. The van der Waals surface area contributed by atoms with E-state index in [0.717, 1.165) is 0 Å². The van der Waals surface area contributed by atoms with Crippen LogP contribution in [-0.4, -0.2) is 29.8 Å². The number of ether oxygens (including phenoxy) is 1. The van der Waals surface area contributed by atoms with Gasteiger partial charge in [-0.1, -0.05) is 26.0 Å². The summed E-state index contributed by atoms with van der Waals surface area (Å²) in [5.74, 6) is -0.556. The third-order valence-corrected chi connectivity index (χ3v) is 2.66. The molecule has 0 spiro atoms. The number of phenols is 1. The fourth-order valence-corrected chi connectivity index (χ4v) is 1.62. The largest absolute Gasteiger partial charge is 0.506 e. The Hall–Kier alpha value is -2.24. The van der Waals surface area contributed by atoms with Gasteiger partial charge in [0, 0.05) is 0 Å². The predicted molar refractivity (Wildman–Crippen MR) is 75.5 cm³/mol. The van der Waals surface area contributed by atoms with Crippen LogP contribution >= 0.6 is 0 Å². The number of aromatic hydroxyl groups is 1. The van der Waals surface area contributed by atoms with Gasteiger partial charge in [0.25, 0.3) is 0 Å². The number of carbonyl (C=O) groups excluding carboxylic acids is 2. The summed E-state index contributed by atoms with van der Waals surface area (Å²) in [5.41, 5.74) is 0.300. The van der Waals surface area contributed by atoms with Gasteiger partial charge in [-0.25, -0.2) is 4.79 Å². The molecule has 0 aliphatic rings. The van der Waals surface area contributed by atoms with Gasteiger partial charge in [-0.05, 0) is 25.0 Å². The van der Waals surface area contributed by atoms with E-state index < -0.39 is 18.0 Å². The van der Waals surface area contributed by atoms with Crippen LogP contribution < -0.4 is 10.6 Å². The van der Waals surface area contributed by atoms with Crippen LogP contribution in [0.25, 0.3) is 0 Å². The number of alkyl carbamates (subject to hydrolysis) is 1. The second-order valence-corrected chi connectivity index (χ2v) is 4.59. The molecule has 2 amide bonds. The lowest BCUT2D eigenvalue weighted by Crippen LogP contribution is -2.47. The highest BCUT2D eigenvalue weighted by atomic mass is 16.5. The number of para-hydroxylation sites is 2. The highest BCUT2D eigenvalue weighted by Crippen LogP contribution is 2.22. The molecule has 0 aliphatic carbocycles. The number of rotatable bonds is 5. The fraction of sp³-hybridized carbons (Fsp3) is 0.429. The van der Waals surface area contributed by atoms with E-state index in [1.807, 2.05) is 0 Å². The SMILES string of the molecule is CCOC(=O)NC(C(=O)Nc1ccccc1O)C(C)C. The molecule has 6 heteroatoms. The van der Waals surface area contributed by atoms with Crippen molar-refractivity contribution in [2.75, 3.05) is 11.9 Å². The fourth-order valence-electron chi connectivity index (χ4n) is 1.62. The Bertz CT molecular complexity index is 474. The van der Waals surface area contributed by atoms with Crippen molar-refractivity contribution in [3.8, 4) is 5.75 Å². The zero-order chi connectivity index (χ0) is 15.1. The Morgan fingerprint density at radius 1 is 1.30 bits per heavy atom. The van der Waals surface area contributed by atoms with Crippen molar-refractivity contribution in [2.24, 2.45) is 5.92 Å². The van der Waals surface area contributed by atoms with Crippen molar-refractivity contribution in [1.82, 2.24) is 5.32 Å². The molecule has 0 heterocycles. The van der Waals surface area contributed by atoms with Gasteiger partial charge in [-0.2, -0.15) is 0 Å². The normalized spacial score (nSPS) is 11.8. The maximum atomic E-state index is 12.2. The molecule has 0 saturated carbocycles. The summed E-state index contributed by atoms with van der Waals surface area (Å²) < 4.78 is 4.77. The van der Waals surface area contributed by atoms with E-state index in [4.69, 9.17) is 4.74 Å². The Labute approximate surface area is 118 Å². The minimum Gasteiger partial charge on any atom is -0.506 e. The summed E-state index contributed by atoms with van der Waals surface area (Å²) in [6, 6.07) is 5.65. The summed E-state index contributed by atoms with van der Waals surface area (Å²) >= 11 is 0. The molecule has 1 aromatic carbocycles. The molecule has 0 fully saturated rings. The van der Waals surface area contributed by atoms with Crippen LogP contribution in [0.1, 0.15) is 20.8 Å². The zero-order valence-corrected chi connectivity index (χ0v) is 11.8. The molecule has 0 saturated heterocycles. The van der Waals surface area contributed by atoms with E-state index in [1.165, 1.54) is 6.07 Å². The molecule has 0 aliphatic heterocycles. The molecule has 6 nitrogen and oxygen atoms in total. The molecular formula is C14H20N2O4. The number of amides is 2. The summed E-state index contributed by atoms with van der Waals surface area (Å²) in [4.78, 5) is 23.6. The smallest absolute Gasteiger partial charge is 0.407 e. The van der Waals surface area contributed by atoms with Gasteiger partial charge in [0.15, 0.2) is 0 Å². The number of anilines is 1. The van der Waals surface area contributed by atoms with E-state index in [1.54, 1.807) is 39.0 Å². The summed E-state index contributed by atoms with van der Waals surface area (Å²) in [6.07, 6.45) is -0.640. The zero-order valence-electron chi connectivity index (χ0n) is 11.8. The van der Waals surface area contributed by atoms with E-state index in [2.05, 4.69) is 10.6 Å². The first-order valence-electron chi connectivity index (χ1n) is 6.47. The number of nitrogens with one attached hydrogen (secondary N) is 2. The van der Waals surface area contributed by atoms with Gasteiger partial charge in [0.2, 0.25) is 5.91 Å². The first-order valence-corrected chi connectivity index (χ1v) is 6.47. The summed E-state index contributed by atoms with van der Waals surface area (Å²) in [7, 11) is 0. The second-order valence-electron chi connectivity index (χ2n) is 4.59. The van der Waals surface area contributed by atoms with E-state index >= 15 is 0 Å². The summed E-state index contributed by atoms with van der Waals surface area (Å²) in [6.45, 7) is 5.53. The molecule has 1 atom stereocenters. The second kappa shape index (κ2) is 7.37. The third-order valence-electron chi connectivity index (χ3n) is 2.66. The topological polar surface area (TPSA) is 87.7 Å². The lowest BCUT2D eigenvalue weighted by molar-refractivity contribution is -0.119. The molecule has 0 radical (unpaired) electrons. The average Bonchev–Trinajstić information content (AvgIpc) is 2.38. The number of hydrogen-bond donors (Lipinski definition) is 3. The average molecular weight is 280 g/mol. The van der Waals surface area contributed by atoms with Crippen molar-refractivity contribution >= 4 is 17.7 Å². The molecular weight excluding hydrogens is 260 g/mol. The minimum atomic E-state index is -0.742. The van der Waals surface area contributed by atoms with Crippen molar-refractivity contribution in [2.45, 2.75) is 26.8 Å². The number of hydrogen-bond acceptors (Lipinski definition) is 4. The Balaban J connectivity index is 2.75. The number of phenolic OH excluding ortho intramolecular Hbond substituents is 1. The first-order chi connectivity index (χ1) is 9.45. The van der Waals surface area contributed by atoms with E-state index in [9.17, 15) is 14.7 Å². The molecule has 0 bridgehead atoms. The van der Waals surface area contributed by atoms with Crippen molar-refractivity contribution in [3.63, 3.8) is 0 Å². The maximum Gasteiger partial charge on any atom is 0.407 e. The third kappa shape index (κ3) is 4.46. The van der Waals surface area contributed by atoms with Gasteiger partial charge in [-0.15, -0.1) is 0 Å². The lowest BCUT2D eigenvalue weighted by atomic mass is 10.0. The van der Waals surface area contributed by atoms with Crippen LogP contribution in [0.15, 0.2) is 24.3 Å². The standard InChI is InChI=1S/C14H20N2O4/c1-4-20-14(19)16-12(9(2)3)13(18)15-10-7-5-6-8-11(10)17/h5-9,12,17H,4H2,1-3H3,(H,15,18)(H,16,19). The van der Waals surface area contributed by atoms with E-state index in [0.29, 0.717) is 5.69 Å². The van der Waals surface area contributed by atoms with Crippen LogP contribution in [0.4, 0.5) is 10.5 Å². The van der Waals surface area contributed by atoms with E-state index in [-0.39, 0.29) is 18.3 Å². The van der Waals surface area contributed by atoms with Crippen LogP contribution in [0.3, 0.4) is 0 Å². The van der Waals surface area contributed by atoms with Gasteiger partial charge >= 0.3 is 6.09 Å².